The summed E-state index contributed by atoms with van der Waals surface area (Å²) >= 11 is 0. The van der Waals surface area contributed by atoms with Crippen LogP contribution in [0.25, 0.3) is 0 Å². The molecule has 1 aliphatic heterocycles. The number of aliphatic hydroxyl groups excluding tert-OH is 5. The second-order valence-electron chi connectivity index (χ2n) is 24.3. The molecule has 7 atom stereocenters. The van der Waals surface area contributed by atoms with Crippen molar-refractivity contribution in [2.45, 2.75) is 397 Å². The summed E-state index contributed by atoms with van der Waals surface area (Å²) < 4.78 is 11.3. The van der Waals surface area contributed by atoms with Gasteiger partial charge in [-0.25, -0.2) is 0 Å². The van der Waals surface area contributed by atoms with Crippen molar-refractivity contribution in [3.63, 3.8) is 0 Å². The number of unbranched alkanes of at least 4 members (excludes halogenated alkanes) is 47. The largest absolute Gasteiger partial charge is 0.394 e. The Balaban J connectivity index is 2.04. The molecule has 1 fully saturated rings. The molecule has 1 saturated heterocycles. The Morgan fingerprint density at radius 2 is 0.756 bits per heavy atom. The number of rotatable bonds is 61. The van der Waals surface area contributed by atoms with Crippen molar-refractivity contribution in [2.24, 2.45) is 0 Å². The van der Waals surface area contributed by atoms with Gasteiger partial charge in [0.1, 0.15) is 24.4 Å². The first-order chi connectivity index (χ1) is 38.3. The van der Waals surface area contributed by atoms with Crippen LogP contribution in [0.2, 0.25) is 0 Å². The molecule has 6 N–H and O–H groups in total. The number of ether oxygens (including phenoxy) is 2. The van der Waals surface area contributed by atoms with Crippen molar-refractivity contribution in [3.8, 4) is 0 Å². The Kier molecular flexibility index (Phi) is 56.3. The number of carbonyl (C=O) groups is 1. The van der Waals surface area contributed by atoms with E-state index < -0.39 is 49.5 Å². The molecule has 0 aromatic carbocycles. The van der Waals surface area contributed by atoms with Gasteiger partial charge in [0.2, 0.25) is 5.91 Å². The van der Waals surface area contributed by atoms with Crippen molar-refractivity contribution >= 4 is 5.91 Å². The number of hydrogen-bond donors (Lipinski definition) is 6. The lowest BCUT2D eigenvalue weighted by Crippen LogP contribution is -2.60. The zero-order chi connectivity index (χ0) is 56.5. The van der Waals surface area contributed by atoms with E-state index >= 15 is 0 Å². The first-order valence-electron chi connectivity index (χ1n) is 34.5. The van der Waals surface area contributed by atoms with E-state index in [9.17, 15) is 30.3 Å². The zero-order valence-corrected chi connectivity index (χ0v) is 51.7. The van der Waals surface area contributed by atoms with Crippen molar-refractivity contribution in [1.29, 1.82) is 0 Å². The number of amides is 1. The molecule has 0 radical (unpaired) electrons. The standard InChI is InChI=1S/C69H133NO8/c1-3-5-7-9-11-13-15-17-19-21-22-23-24-25-26-27-28-29-30-31-32-33-34-35-36-37-38-39-40-41-42-43-45-47-49-51-53-55-57-59-65(73)70-62(61-77-69-68(76)67(75)66(74)64(60-71)78-69)63(72)58-56-54-52-50-48-46-44-20-18-16-14-12-10-8-6-4-2/h28-29,31-32,62-64,66-69,71-72,74-76H,3-27,30,33-61H2,1-2H3,(H,70,73)/b29-28-,32-31-. The highest BCUT2D eigenvalue weighted by Gasteiger charge is 2.44. The molecule has 0 bridgehead atoms. The molecule has 7 unspecified atom stereocenters. The Hall–Kier alpha value is -1.33. The first-order valence-corrected chi connectivity index (χ1v) is 34.5. The molecule has 0 aromatic heterocycles. The number of hydrogen-bond acceptors (Lipinski definition) is 8. The predicted molar refractivity (Wildman–Crippen MR) is 332 cm³/mol. The number of aliphatic hydroxyl groups is 5. The summed E-state index contributed by atoms with van der Waals surface area (Å²) in [7, 11) is 0. The molecule has 9 nitrogen and oxygen atoms in total. The minimum Gasteiger partial charge on any atom is -0.394 e. The van der Waals surface area contributed by atoms with Gasteiger partial charge in [-0.05, 0) is 44.9 Å². The van der Waals surface area contributed by atoms with Crippen LogP contribution in [-0.2, 0) is 14.3 Å². The number of nitrogens with one attached hydrogen (secondary N) is 1. The molecule has 9 heteroatoms. The predicted octanol–water partition coefficient (Wildman–Crippen LogP) is 18.5. The third-order valence-electron chi connectivity index (χ3n) is 16.8. The maximum atomic E-state index is 13.1. The number of carbonyl (C=O) groups excluding carboxylic acids is 1. The van der Waals surface area contributed by atoms with Crippen molar-refractivity contribution in [2.75, 3.05) is 13.2 Å². The maximum Gasteiger partial charge on any atom is 0.220 e. The molecule has 1 heterocycles. The van der Waals surface area contributed by atoms with Crippen molar-refractivity contribution in [1.82, 2.24) is 5.32 Å². The van der Waals surface area contributed by atoms with Crippen LogP contribution in [0.3, 0.4) is 0 Å². The Morgan fingerprint density at radius 1 is 0.436 bits per heavy atom. The Morgan fingerprint density at radius 3 is 1.10 bits per heavy atom. The van der Waals surface area contributed by atoms with Crippen LogP contribution in [0.4, 0.5) is 0 Å². The zero-order valence-electron chi connectivity index (χ0n) is 51.7. The van der Waals surface area contributed by atoms with Gasteiger partial charge in [0.05, 0.1) is 25.4 Å². The normalized spacial score (nSPS) is 18.7. The molecular formula is C69H133NO8. The lowest BCUT2D eigenvalue weighted by molar-refractivity contribution is -0.302. The quantitative estimate of drug-likeness (QED) is 0.0261. The van der Waals surface area contributed by atoms with Gasteiger partial charge < -0.3 is 40.3 Å². The van der Waals surface area contributed by atoms with Crippen LogP contribution in [0.15, 0.2) is 24.3 Å². The SMILES string of the molecule is CCCCCCCCCCCCCCCCC/C=C\C/C=C\CCCCCCCCCCCCCCCCCCCC(=O)NC(COC1OC(CO)C(O)C(O)C1O)C(O)CCCCCCCCCCCCCCCCCC. The van der Waals surface area contributed by atoms with Crippen LogP contribution < -0.4 is 5.32 Å². The fourth-order valence-electron chi connectivity index (χ4n) is 11.4. The van der Waals surface area contributed by atoms with Gasteiger partial charge in [0, 0.05) is 6.42 Å². The molecule has 1 aliphatic rings. The average molecular weight is 1100 g/mol. The molecule has 0 spiro atoms. The van der Waals surface area contributed by atoms with Gasteiger partial charge in [-0.3, -0.25) is 4.79 Å². The third-order valence-corrected chi connectivity index (χ3v) is 16.8. The van der Waals surface area contributed by atoms with E-state index in [1.165, 1.54) is 283 Å². The Labute approximate surface area is 483 Å². The summed E-state index contributed by atoms with van der Waals surface area (Å²) in [5.41, 5.74) is 0. The molecule has 1 amide bonds. The summed E-state index contributed by atoms with van der Waals surface area (Å²) in [4.78, 5) is 13.1. The molecule has 0 saturated carbocycles. The van der Waals surface area contributed by atoms with Crippen LogP contribution in [-0.4, -0.2) is 87.5 Å². The van der Waals surface area contributed by atoms with E-state index in [4.69, 9.17) is 9.47 Å². The molecule has 462 valence electrons. The highest BCUT2D eigenvalue weighted by atomic mass is 16.7. The average Bonchev–Trinajstić information content (AvgIpc) is 3.45. The second kappa shape index (κ2) is 58.9. The monoisotopic (exact) mass is 1100 g/mol. The van der Waals surface area contributed by atoms with E-state index in [2.05, 4.69) is 43.5 Å². The van der Waals surface area contributed by atoms with Crippen LogP contribution in [0, 0.1) is 0 Å². The summed E-state index contributed by atoms with van der Waals surface area (Å²) in [5.74, 6) is -0.138. The summed E-state index contributed by atoms with van der Waals surface area (Å²) in [5, 5.41) is 54.8. The van der Waals surface area contributed by atoms with E-state index in [0.717, 1.165) is 44.9 Å². The maximum absolute atomic E-state index is 13.1. The minimum absolute atomic E-state index is 0.134. The van der Waals surface area contributed by atoms with Gasteiger partial charge in [-0.2, -0.15) is 0 Å². The van der Waals surface area contributed by atoms with E-state index in [0.29, 0.717) is 12.8 Å². The molecular weight excluding hydrogens is 971 g/mol. The first kappa shape index (κ1) is 74.7. The van der Waals surface area contributed by atoms with Gasteiger partial charge >= 0.3 is 0 Å². The fourth-order valence-corrected chi connectivity index (χ4v) is 11.4. The van der Waals surface area contributed by atoms with Gasteiger partial charge in [-0.15, -0.1) is 0 Å². The van der Waals surface area contributed by atoms with Gasteiger partial charge in [-0.1, -0.05) is 327 Å². The van der Waals surface area contributed by atoms with E-state index in [-0.39, 0.29) is 12.5 Å². The highest BCUT2D eigenvalue weighted by Crippen LogP contribution is 2.24. The third kappa shape index (κ3) is 47.2. The van der Waals surface area contributed by atoms with E-state index in [1.807, 2.05) is 0 Å². The van der Waals surface area contributed by atoms with Gasteiger partial charge in [0.15, 0.2) is 6.29 Å². The van der Waals surface area contributed by atoms with Crippen molar-refractivity contribution < 1.29 is 39.8 Å². The number of allylic oxidation sites excluding steroid dienone is 4. The van der Waals surface area contributed by atoms with Crippen molar-refractivity contribution in [3.05, 3.63) is 24.3 Å². The van der Waals surface area contributed by atoms with Gasteiger partial charge in [0.25, 0.3) is 0 Å². The van der Waals surface area contributed by atoms with Crippen LogP contribution in [0.5, 0.6) is 0 Å². The molecule has 0 aliphatic carbocycles. The summed E-state index contributed by atoms with van der Waals surface area (Å²) in [6.45, 7) is 3.88. The lowest BCUT2D eigenvalue weighted by atomic mass is 9.99. The summed E-state index contributed by atoms with van der Waals surface area (Å²) in [6.07, 6.45) is 69.7. The summed E-state index contributed by atoms with van der Waals surface area (Å²) in [6, 6.07) is -0.717. The highest BCUT2D eigenvalue weighted by molar-refractivity contribution is 5.76. The Bertz CT molecular complexity index is 1280. The second-order valence-corrected chi connectivity index (χ2v) is 24.3. The minimum atomic E-state index is -1.55. The van der Waals surface area contributed by atoms with E-state index in [1.54, 1.807) is 0 Å². The topological polar surface area (TPSA) is 149 Å². The van der Waals surface area contributed by atoms with Crippen LogP contribution in [0.1, 0.15) is 354 Å². The van der Waals surface area contributed by atoms with Crippen LogP contribution >= 0.6 is 0 Å². The molecule has 0 aromatic rings. The smallest absolute Gasteiger partial charge is 0.220 e. The molecule has 1 rings (SSSR count). The molecule has 78 heavy (non-hydrogen) atoms. The lowest BCUT2D eigenvalue weighted by Gasteiger charge is -2.40. The fraction of sp³-hybridized carbons (Fsp3) is 0.928.